The van der Waals surface area contributed by atoms with E-state index in [4.69, 9.17) is 14.0 Å². The van der Waals surface area contributed by atoms with Crippen LogP contribution in [-0.4, -0.2) is 63.9 Å². The van der Waals surface area contributed by atoms with Crippen LogP contribution in [-0.2, 0) is 4.79 Å². The van der Waals surface area contributed by atoms with Gasteiger partial charge in [0.25, 0.3) is 0 Å². The van der Waals surface area contributed by atoms with Gasteiger partial charge in [0.1, 0.15) is 29.1 Å². The molecule has 0 unspecified atom stereocenters. The third-order valence-corrected chi connectivity index (χ3v) is 5.30. The van der Waals surface area contributed by atoms with E-state index in [1.807, 2.05) is 24.3 Å². The van der Waals surface area contributed by atoms with E-state index in [9.17, 15) is 14.9 Å². The summed E-state index contributed by atoms with van der Waals surface area (Å²) >= 11 is 0. The Balaban J connectivity index is 1.69. The van der Waals surface area contributed by atoms with E-state index in [-0.39, 0.29) is 13.0 Å². The standard InChI is InChI=1S/C20H22BN3O6/c1-11-18-19(30-23-11)17(9-15(22-18)12-4-6-13(28-3)7-5-12)29-14-8-16(20(25)26)24(10-14)21(2)27/h4-7,9,14,16,27H,8,10H2,1-3H3,(H,25,26)/t14-,16+/m1/s1. The topological polar surface area (TPSA) is 118 Å². The van der Waals surface area contributed by atoms with Gasteiger partial charge in [-0.1, -0.05) is 5.16 Å². The van der Waals surface area contributed by atoms with Crippen molar-refractivity contribution in [2.75, 3.05) is 13.7 Å². The van der Waals surface area contributed by atoms with E-state index in [0.717, 1.165) is 11.3 Å². The van der Waals surface area contributed by atoms with Crippen LogP contribution in [0.3, 0.4) is 0 Å². The molecule has 3 aromatic rings. The van der Waals surface area contributed by atoms with Gasteiger partial charge in [-0.25, -0.2) is 4.98 Å². The van der Waals surface area contributed by atoms with Crippen molar-refractivity contribution in [2.24, 2.45) is 0 Å². The zero-order chi connectivity index (χ0) is 21.4. The second kappa shape index (κ2) is 7.96. The van der Waals surface area contributed by atoms with Crippen LogP contribution in [0.2, 0.25) is 6.82 Å². The number of carboxylic acid groups (broad SMARTS) is 1. The van der Waals surface area contributed by atoms with Gasteiger partial charge >= 0.3 is 13.0 Å². The largest absolute Gasteiger partial charge is 0.497 e. The molecule has 1 fully saturated rings. The Labute approximate surface area is 173 Å². The number of aliphatic carboxylic acids is 1. The molecule has 0 saturated carbocycles. The second-order valence-corrected chi connectivity index (χ2v) is 7.34. The minimum absolute atomic E-state index is 0.245. The highest BCUT2D eigenvalue weighted by Crippen LogP contribution is 2.34. The number of fused-ring (bicyclic) bond motifs is 1. The predicted octanol–water partition coefficient (Wildman–Crippen LogP) is 2.22. The van der Waals surface area contributed by atoms with Gasteiger partial charge in [0.15, 0.2) is 5.75 Å². The van der Waals surface area contributed by atoms with Crippen LogP contribution >= 0.6 is 0 Å². The first-order chi connectivity index (χ1) is 14.4. The number of carboxylic acids is 1. The molecule has 9 nitrogen and oxygen atoms in total. The highest BCUT2D eigenvalue weighted by atomic mass is 16.5. The Morgan fingerprint density at radius 1 is 1.33 bits per heavy atom. The van der Waals surface area contributed by atoms with Gasteiger partial charge in [-0.05, 0) is 38.0 Å². The van der Waals surface area contributed by atoms with Crippen LogP contribution in [0.25, 0.3) is 22.4 Å². The molecule has 1 aromatic carbocycles. The Morgan fingerprint density at radius 3 is 2.67 bits per heavy atom. The summed E-state index contributed by atoms with van der Waals surface area (Å²) in [7, 11) is 0.716. The number of nitrogens with zero attached hydrogens (tertiary/aromatic N) is 3. The number of hydrogen-bond donors (Lipinski definition) is 2. The quantitative estimate of drug-likeness (QED) is 0.589. The number of rotatable bonds is 6. The summed E-state index contributed by atoms with van der Waals surface area (Å²) in [4.78, 5) is 17.7. The van der Waals surface area contributed by atoms with Crippen molar-refractivity contribution in [1.29, 1.82) is 0 Å². The van der Waals surface area contributed by atoms with E-state index < -0.39 is 25.2 Å². The molecule has 0 bridgehead atoms. The predicted molar refractivity (Wildman–Crippen MR) is 110 cm³/mol. The lowest BCUT2D eigenvalue weighted by atomic mass is 9.84. The fraction of sp³-hybridized carbons (Fsp3) is 0.350. The van der Waals surface area contributed by atoms with E-state index in [0.29, 0.717) is 28.2 Å². The van der Waals surface area contributed by atoms with Gasteiger partial charge in [0, 0.05) is 24.6 Å². The first-order valence-electron chi connectivity index (χ1n) is 9.62. The fourth-order valence-electron chi connectivity index (χ4n) is 3.74. The number of aryl methyl sites for hydroxylation is 1. The maximum absolute atomic E-state index is 11.6. The summed E-state index contributed by atoms with van der Waals surface area (Å²) in [5, 5.41) is 23.4. The number of ether oxygens (including phenoxy) is 2. The van der Waals surface area contributed by atoms with Crippen LogP contribution in [0.5, 0.6) is 11.5 Å². The smallest absolute Gasteiger partial charge is 0.377 e. The maximum atomic E-state index is 11.6. The Bertz CT molecular complexity index is 1070. The maximum Gasteiger partial charge on any atom is 0.377 e. The molecular weight excluding hydrogens is 389 g/mol. The highest BCUT2D eigenvalue weighted by Gasteiger charge is 2.41. The normalized spacial score (nSPS) is 19.2. The average molecular weight is 411 g/mol. The van der Waals surface area contributed by atoms with Crippen molar-refractivity contribution in [3.05, 3.63) is 36.0 Å². The number of carbonyl (C=O) groups is 1. The molecule has 0 aliphatic carbocycles. The zero-order valence-corrected chi connectivity index (χ0v) is 16.9. The summed E-state index contributed by atoms with van der Waals surface area (Å²) in [5.74, 6) is 0.186. The zero-order valence-electron chi connectivity index (χ0n) is 16.9. The van der Waals surface area contributed by atoms with Crippen molar-refractivity contribution in [1.82, 2.24) is 15.0 Å². The van der Waals surface area contributed by atoms with Crippen molar-refractivity contribution in [2.45, 2.75) is 32.3 Å². The summed E-state index contributed by atoms with van der Waals surface area (Å²) in [6, 6.07) is 8.42. The van der Waals surface area contributed by atoms with Crippen molar-refractivity contribution in [3.63, 3.8) is 0 Å². The first kappa shape index (κ1) is 20.2. The summed E-state index contributed by atoms with van der Waals surface area (Å²) in [6.07, 6.45) is -0.185. The monoisotopic (exact) mass is 411 g/mol. The number of methoxy groups -OCH3 is 1. The highest BCUT2D eigenvalue weighted by molar-refractivity contribution is 6.45. The van der Waals surface area contributed by atoms with E-state index in [1.165, 1.54) is 4.81 Å². The minimum atomic E-state index is -0.990. The fourth-order valence-corrected chi connectivity index (χ4v) is 3.74. The van der Waals surface area contributed by atoms with Gasteiger partial charge in [0.05, 0.1) is 12.8 Å². The van der Waals surface area contributed by atoms with E-state index in [1.54, 1.807) is 26.9 Å². The number of aromatic nitrogens is 2. The van der Waals surface area contributed by atoms with Gasteiger partial charge in [0.2, 0.25) is 5.58 Å². The molecule has 2 aromatic heterocycles. The van der Waals surface area contributed by atoms with Crippen molar-refractivity contribution < 1.29 is 28.9 Å². The molecule has 2 atom stereocenters. The molecule has 0 spiro atoms. The molecule has 0 amide bonds. The molecule has 1 aliphatic heterocycles. The number of benzene rings is 1. The Hall–Kier alpha value is -3.11. The van der Waals surface area contributed by atoms with Crippen LogP contribution in [0.1, 0.15) is 12.1 Å². The summed E-state index contributed by atoms with van der Waals surface area (Å²) in [6.45, 7) is 3.62. The van der Waals surface area contributed by atoms with Gasteiger partial charge in [-0.2, -0.15) is 0 Å². The van der Waals surface area contributed by atoms with Gasteiger partial charge < -0.3 is 28.9 Å². The van der Waals surface area contributed by atoms with Crippen LogP contribution in [0, 0.1) is 6.92 Å². The molecule has 4 rings (SSSR count). The molecule has 10 heteroatoms. The minimum Gasteiger partial charge on any atom is -0.497 e. The first-order valence-corrected chi connectivity index (χ1v) is 9.62. The molecule has 2 N–H and O–H groups in total. The van der Waals surface area contributed by atoms with Crippen LogP contribution < -0.4 is 9.47 Å². The lowest BCUT2D eigenvalue weighted by Crippen LogP contribution is -2.45. The SMILES string of the molecule is COc1ccc(-c2cc(O[C@@H]3C[C@@H](C(=O)O)N(B(C)O)C3)c3onc(C)c3n2)cc1. The second-order valence-electron chi connectivity index (χ2n) is 7.34. The summed E-state index contributed by atoms with van der Waals surface area (Å²) in [5.41, 5.74) is 3.16. The number of hydrogen-bond acceptors (Lipinski definition) is 8. The average Bonchev–Trinajstić information content (AvgIpc) is 3.32. The Kier molecular flexibility index (Phi) is 5.36. The van der Waals surface area contributed by atoms with Gasteiger partial charge in [-0.15, -0.1) is 0 Å². The molecule has 156 valence electrons. The molecule has 1 aliphatic rings. The number of pyridine rings is 1. The molecule has 1 saturated heterocycles. The van der Waals surface area contributed by atoms with Crippen molar-refractivity contribution >= 4 is 24.1 Å². The Morgan fingerprint density at radius 2 is 2.07 bits per heavy atom. The van der Waals surface area contributed by atoms with Crippen LogP contribution in [0.4, 0.5) is 0 Å². The molecule has 0 radical (unpaired) electrons. The van der Waals surface area contributed by atoms with Crippen molar-refractivity contribution in [3.8, 4) is 22.8 Å². The summed E-state index contributed by atoms with van der Waals surface area (Å²) < 4.78 is 16.8. The van der Waals surface area contributed by atoms with E-state index in [2.05, 4.69) is 10.1 Å². The lowest BCUT2D eigenvalue weighted by molar-refractivity contribution is -0.141. The third-order valence-electron chi connectivity index (χ3n) is 5.30. The van der Waals surface area contributed by atoms with Gasteiger partial charge in [-0.3, -0.25) is 4.79 Å². The molecule has 3 heterocycles. The molecule has 30 heavy (non-hydrogen) atoms. The lowest BCUT2D eigenvalue weighted by Gasteiger charge is -2.21. The van der Waals surface area contributed by atoms with Crippen LogP contribution in [0.15, 0.2) is 34.9 Å². The van der Waals surface area contributed by atoms with E-state index >= 15 is 0 Å². The molecular formula is C20H22BN3O6. The third kappa shape index (κ3) is 3.71.